The molecule has 24 heavy (non-hydrogen) atoms. The third-order valence-corrected chi connectivity index (χ3v) is 4.69. The normalized spacial score (nSPS) is 29.1. The van der Waals surface area contributed by atoms with Gasteiger partial charge in [-0.25, -0.2) is 9.59 Å². The highest BCUT2D eigenvalue weighted by molar-refractivity contribution is 7.85. The molecule has 0 N–H and O–H groups in total. The lowest BCUT2D eigenvalue weighted by molar-refractivity contribution is -0.149. The molecule has 0 aromatic heterocycles. The van der Waals surface area contributed by atoms with Crippen LogP contribution in [0, 0.1) is 5.41 Å². The number of carbonyl (C=O) groups excluding carboxylic acids is 2. The summed E-state index contributed by atoms with van der Waals surface area (Å²) in [5.74, 6) is -0.505. The van der Waals surface area contributed by atoms with Crippen molar-refractivity contribution in [1.82, 2.24) is 4.90 Å². The zero-order chi connectivity index (χ0) is 18.3. The molecule has 2 aliphatic rings. The van der Waals surface area contributed by atoms with Crippen LogP contribution in [0.2, 0.25) is 0 Å². The van der Waals surface area contributed by atoms with Gasteiger partial charge in [0.2, 0.25) is 0 Å². The van der Waals surface area contributed by atoms with Gasteiger partial charge in [0.25, 0.3) is 10.1 Å². The van der Waals surface area contributed by atoms with Crippen molar-refractivity contribution in [2.24, 2.45) is 5.41 Å². The second kappa shape index (κ2) is 6.18. The van der Waals surface area contributed by atoms with Crippen molar-refractivity contribution >= 4 is 22.2 Å². The first-order valence-corrected chi connectivity index (χ1v) is 9.72. The number of carbonyl (C=O) groups is 2. The summed E-state index contributed by atoms with van der Waals surface area (Å²) in [7, 11) is -3.59. The number of likely N-dealkylation sites (tertiary alicyclic amines) is 1. The van der Waals surface area contributed by atoms with E-state index in [1.54, 1.807) is 27.7 Å². The Labute approximate surface area is 142 Å². The van der Waals surface area contributed by atoms with Crippen molar-refractivity contribution in [3.05, 3.63) is 0 Å². The maximum absolute atomic E-state index is 12.5. The zero-order valence-electron chi connectivity index (χ0n) is 14.7. The molecule has 1 aliphatic heterocycles. The van der Waals surface area contributed by atoms with Crippen molar-refractivity contribution in [1.29, 1.82) is 0 Å². The van der Waals surface area contributed by atoms with Crippen molar-refractivity contribution in [2.45, 2.75) is 58.2 Å². The van der Waals surface area contributed by atoms with Gasteiger partial charge in [-0.3, -0.25) is 9.08 Å². The number of esters is 1. The number of rotatable bonds is 5. The summed E-state index contributed by atoms with van der Waals surface area (Å²) in [6, 6.07) is -1.05. The third kappa shape index (κ3) is 4.18. The van der Waals surface area contributed by atoms with Crippen molar-refractivity contribution in [3.63, 3.8) is 0 Å². The highest BCUT2D eigenvalue weighted by Gasteiger charge is 2.68. The molecule has 0 unspecified atom stereocenters. The molecule has 1 saturated carbocycles. The SMILES string of the molecule is CCOC(=O)[C@@H]1C[C@]2(COS(C)(=O)=O)C[C@@H]2N1C(=O)OC(C)(C)C. The first-order valence-electron chi connectivity index (χ1n) is 7.91. The Bertz CT molecular complexity index is 624. The minimum Gasteiger partial charge on any atom is -0.464 e. The van der Waals surface area contributed by atoms with E-state index >= 15 is 0 Å². The molecule has 1 saturated heterocycles. The zero-order valence-corrected chi connectivity index (χ0v) is 15.5. The largest absolute Gasteiger partial charge is 0.464 e. The van der Waals surface area contributed by atoms with E-state index in [0.29, 0.717) is 12.8 Å². The van der Waals surface area contributed by atoms with E-state index in [-0.39, 0.29) is 19.3 Å². The van der Waals surface area contributed by atoms with Crippen LogP contribution >= 0.6 is 0 Å². The van der Waals surface area contributed by atoms with Crippen LogP contribution in [0.25, 0.3) is 0 Å². The average Bonchev–Trinajstić information content (AvgIpc) is 2.99. The standard InChI is InChI=1S/C15H25NO7S/c1-6-21-12(17)10-7-15(9-22-24(5,19)20)8-11(15)16(10)13(18)23-14(2,3)4/h10-11H,6-9H2,1-5H3/t10-,11-,15+/m0/s1. The van der Waals surface area contributed by atoms with Gasteiger partial charge >= 0.3 is 12.1 Å². The van der Waals surface area contributed by atoms with Crippen LogP contribution in [0.15, 0.2) is 0 Å². The van der Waals surface area contributed by atoms with Gasteiger partial charge in [-0.15, -0.1) is 0 Å². The Morgan fingerprint density at radius 2 is 1.88 bits per heavy atom. The fourth-order valence-corrected chi connectivity index (χ4v) is 3.53. The molecule has 0 aromatic carbocycles. The van der Waals surface area contributed by atoms with E-state index in [4.69, 9.17) is 13.7 Å². The lowest BCUT2D eigenvalue weighted by Crippen LogP contribution is -2.46. The Balaban J connectivity index is 2.17. The highest BCUT2D eigenvalue weighted by atomic mass is 32.2. The molecule has 1 aliphatic carbocycles. The quantitative estimate of drug-likeness (QED) is 0.536. The lowest BCUT2D eigenvalue weighted by Gasteiger charge is -2.29. The number of hydrogen-bond acceptors (Lipinski definition) is 7. The summed E-state index contributed by atoms with van der Waals surface area (Å²) in [5, 5.41) is 0. The second-order valence-corrected chi connectivity index (χ2v) is 9.05. The Kier molecular flexibility index (Phi) is 4.89. The average molecular weight is 363 g/mol. The Morgan fingerprint density at radius 3 is 2.38 bits per heavy atom. The van der Waals surface area contributed by atoms with Crippen LogP contribution in [0.3, 0.4) is 0 Å². The smallest absolute Gasteiger partial charge is 0.411 e. The number of nitrogens with zero attached hydrogens (tertiary/aromatic N) is 1. The van der Waals surface area contributed by atoms with Crippen molar-refractivity contribution < 1.29 is 31.7 Å². The van der Waals surface area contributed by atoms with E-state index in [1.807, 2.05) is 0 Å². The molecule has 0 bridgehead atoms. The summed E-state index contributed by atoms with van der Waals surface area (Å²) in [4.78, 5) is 26.1. The summed E-state index contributed by atoms with van der Waals surface area (Å²) in [5.41, 5.74) is -1.23. The minimum absolute atomic E-state index is 0.0499. The summed E-state index contributed by atoms with van der Waals surface area (Å²) < 4.78 is 37.9. The van der Waals surface area contributed by atoms with E-state index in [0.717, 1.165) is 6.26 Å². The summed E-state index contributed by atoms with van der Waals surface area (Å²) >= 11 is 0. The molecule has 3 atom stereocenters. The van der Waals surface area contributed by atoms with E-state index < -0.39 is 39.2 Å². The Hall–Kier alpha value is -1.35. The maximum atomic E-state index is 12.5. The first kappa shape index (κ1) is 19.0. The number of piperidine rings is 1. The molecule has 8 nitrogen and oxygen atoms in total. The molecule has 9 heteroatoms. The molecule has 138 valence electrons. The predicted octanol–water partition coefficient (Wildman–Crippen LogP) is 1.29. The van der Waals surface area contributed by atoms with Gasteiger partial charge in [-0.05, 0) is 40.5 Å². The molecule has 1 heterocycles. The van der Waals surface area contributed by atoms with Gasteiger partial charge in [-0.2, -0.15) is 8.42 Å². The molecular weight excluding hydrogens is 338 g/mol. The second-order valence-electron chi connectivity index (χ2n) is 7.41. The maximum Gasteiger partial charge on any atom is 0.411 e. The fourth-order valence-electron chi connectivity index (χ4n) is 3.08. The van der Waals surface area contributed by atoms with Gasteiger partial charge < -0.3 is 9.47 Å². The molecule has 0 spiro atoms. The fraction of sp³-hybridized carbons (Fsp3) is 0.867. The number of amides is 1. The number of hydrogen-bond donors (Lipinski definition) is 0. The van der Waals surface area contributed by atoms with Gasteiger partial charge in [0.15, 0.2) is 0 Å². The molecule has 2 rings (SSSR count). The third-order valence-electron chi connectivity index (χ3n) is 4.14. The van der Waals surface area contributed by atoms with Gasteiger partial charge in [0, 0.05) is 11.5 Å². The minimum atomic E-state index is -3.59. The lowest BCUT2D eigenvalue weighted by atomic mass is 10.0. The van der Waals surface area contributed by atoms with Gasteiger partial charge in [-0.1, -0.05) is 0 Å². The molecule has 0 aromatic rings. The van der Waals surface area contributed by atoms with Crippen LogP contribution in [-0.4, -0.2) is 62.5 Å². The molecule has 0 radical (unpaired) electrons. The van der Waals surface area contributed by atoms with Gasteiger partial charge in [0.05, 0.1) is 19.5 Å². The van der Waals surface area contributed by atoms with Crippen LogP contribution in [0.1, 0.15) is 40.5 Å². The predicted molar refractivity (Wildman–Crippen MR) is 84.7 cm³/mol. The first-order chi connectivity index (χ1) is 10.9. The topological polar surface area (TPSA) is 99.2 Å². The Morgan fingerprint density at radius 1 is 1.25 bits per heavy atom. The molecule has 1 amide bonds. The highest BCUT2D eigenvalue weighted by Crippen LogP contribution is 2.60. The summed E-state index contributed by atoms with van der Waals surface area (Å²) in [6.07, 6.45) is 1.28. The van der Waals surface area contributed by atoms with Crippen LogP contribution in [0.5, 0.6) is 0 Å². The summed E-state index contributed by atoms with van der Waals surface area (Å²) in [6.45, 7) is 7.07. The van der Waals surface area contributed by atoms with E-state index in [9.17, 15) is 18.0 Å². The monoisotopic (exact) mass is 363 g/mol. The van der Waals surface area contributed by atoms with E-state index in [2.05, 4.69) is 0 Å². The molecule has 2 fully saturated rings. The van der Waals surface area contributed by atoms with E-state index in [1.165, 1.54) is 4.90 Å². The van der Waals surface area contributed by atoms with Gasteiger partial charge in [0.1, 0.15) is 11.6 Å². The molecular formula is C15H25NO7S. The van der Waals surface area contributed by atoms with Crippen molar-refractivity contribution in [3.8, 4) is 0 Å². The van der Waals surface area contributed by atoms with Crippen LogP contribution < -0.4 is 0 Å². The van der Waals surface area contributed by atoms with Crippen molar-refractivity contribution in [2.75, 3.05) is 19.5 Å². The van der Waals surface area contributed by atoms with Crippen LogP contribution in [0.4, 0.5) is 4.79 Å². The number of ether oxygens (including phenoxy) is 2. The number of fused-ring (bicyclic) bond motifs is 1. The van der Waals surface area contributed by atoms with Crippen LogP contribution in [-0.2, 0) is 28.6 Å².